The predicted molar refractivity (Wildman–Crippen MR) is 97.9 cm³/mol. The van der Waals surface area contributed by atoms with Gasteiger partial charge in [-0.25, -0.2) is 4.39 Å². The molecule has 6 nitrogen and oxygen atoms in total. The molecule has 1 aliphatic carbocycles. The van der Waals surface area contributed by atoms with E-state index in [1.807, 2.05) is 0 Å². The summed E-state index contributed by atoms with van der Waals surface area (Å²) in [5.74, 6) is -0.551. The Hall–Kier alpha value is -2.80. The number of aliphatic hydroxyl groups is 1. The second kappa shape index (κ2) is 8.05. The zero-order valence-corrected chi connectivity index (χ0v) is 14.3. The molecule has 0 spiro atoms. The lowest BCUT2D eigenvalue weighted by molar-refractivity contribution is 0.130. The van der Waals surface area contributed by atoms with Crippen LogP contribution in [0.4, 0.5) is 10.2 Å². The van der Waals surface area contributed by atoms with Gasteiger partial charge in [-0.1, -0.05) is 25.3 Å². The van der Waals surface area contributed by atoms with Crippen LogP contribution in [-0.2, 0) is 0 Å². The highest BCUT2D eigenvalue weighted by molar-refractivity contribution is 5.99. The minimum atomic E-state index is -0.579. The maximum Gasteiger partial charge on any atom is 0.154 e. The first kappa shape index (κ1) is 18.0. The number of rotatable bonds is 1. The standard InChI is InChI=1S/C13H9FN4O.C6H12O/c14-9-2-1-3-10(19)11(9)12-8-6-16-5-4-7(8)13(15)18-17-12;7-6-4-2-1-3-5-6/h1-6,19H,(H2,15,18);6-7H,1-5H2. The van der Waals surface area contributed by atoms with Crippen LogP contribution < -0.4 is 5.73 Å². The maximum absolute atomic E-state index is 13.9. The zero-order valence-electron chi connectivity index (χ0n) is 14.3. The Morgan fingerprint density at radius 1 is 1.04 bits per heavy atom. The number of nitrogens with zero attached hydrogens (tertiary/aromatic N) is 3. The van der Waals surface area contributed by atoms with Crippen LogP contribution in [0.5, 0.6) is 5.75 Å². The normalized spacial score (nSPS) is 14.7. The Balaban J connectivity index is 0.000000236. The lowest BCUT2D eigenvalue weighted by Crippen LogP contribution is -2.09. The van der Waals surface area contributed by atoms with Gasteiger partial charge in [0, 0.05) is 23.2 Å². The number of aromatic nitrogens is 3. The number of anilines is 1. The van der Waals surface area contributed by atoms with Crippen molar-refractivity contribution in [1.29, 1.82) is 0 Å². The molecule has 3 aromatic rings. The van der Waals surface area contributed by atoms with Crippen LogP contribution in [0.2, 0.25) is 0 Å². The monoisotopic (exact) mass is 356 g/mol. The molecule has 0 aliphatic heterocycles. The third-order valence-corrected chi connectivity index (χ3v) is 4.41. The molecule has 7 heteroatoms. The molecule has 1 aliphatic rings. The van der Waals surface area contributed by atoms with E-state index in [0.717, 1.165) is 12.8 Å². The first-order valence-electron chi connectivity index (χ1n) is 8.59. The molecule has 136 valence electrons. The number of aliphatic hydroxyl groups excluding tert-OH is 1. The maximum atomic E-state index is 13.9. The molecule has 0 unspecified atom stereocenters. The Morgan fingerprint density at radius 2 is 1.81 bits per heavy atom. The van der Waals surface area contributed by atoms with E-state index in [1.54, 1.807) is 12.3 Å². The van der Waals surface area contributed by atoms with Gasteiger partial charge in [-0.2, -0.15) is 0 Å². The summed E-state index contributed by atoms with van der Waals surface area (Å²) in [6, 6.07) is 5.72. The number of phenolic OH excluding ortho intramolecular Hbond substituents is 1. The molecule has 1 saturated carbocycles. The summed E-state index contributed by atoms with van der Waals surface area (Å²) in [5, 5.41) is 27.5. The van der Waals surface area contributed by atoms with Crippen molar-refractivity contribution in [2.24, 2.45) is 0 Å². The zero-order chi connectivity index (χ0) is 18.5. The predicted octanol–water partition coefficient (Wildman–Crippen LogP) is 3.43. The molecule has 0 atom stereocenters. The van der Waals surface area contributed by atoms with Crippen LogP contribution in [0, 0.1) is 5.82 Å². The lowest BCUT2D eigenvalue weighted by atomic mass is 9.98. The highest BCUT2D eigenvalue weighted by Crippen LogP contribution is 2.35. The highest BCUT2D eigenvalue weighted by atomic mass is 19.1. The van der Waals surface area contributed by atoms with E-state index in [-0.39, 0.29) is 28.9 Å². The van der Waals surface area contributed by atoms with Gasteiger partial charge in [0.2, 0.25) is 0 Å². The summed E-state index contributed by atoms with van der Waals surface area (Å²) < 4.78 is 13.9. The molecule has 1 aromatic carbocycles. The van der Waals surface area contributed by atoms with E-state index < -0.39 is 5.82 Å². The number of hydrogen-bond acceptors (Lipinski definition) is 6. The SMILES string of the molecule is Nc1nnc(-c2c(O)cccc2F)c2cnccc12.OC1CCCCC1. The Kier molecular flexibility index (Phi) is 5.58. The molecule has 0 amide bonds. The summed E-state index contributed by atoms with van der Waals surface area (Å²) in [6.07, 6.45) is 9.00. The van der Waals surface area contributed by atoms with Crippen LogP contribution in [0.1, 0.15) is 32.1 Å². The van der Waals surface area contributed by atoms with Gasteiger partial charge < -0.3 is 15.9 Å². The topological polar surface area (TPSA) is 105 Å². The number of fused-ring (bicyclic) bond motifs is 1. The van der Waals surface area contributed by atoms with Gasteiger partial charge in [0.1, 0.15) is 17.3 Å². The fourth-order valence-corrected chi connectivity index (χ4v) is 3.03. The number of pyridine rings is 1. The quantitative estimate of drug-likeness (QED) is 0.617. The van der Waals surface area contributed by atoms with Crippen molar-refractivity contribution in [2.75, 3.05) is 5.73 Å². The van der Waals surface area contributed by atoms with Crippen molar-refractivity contribution in [1.82, 2.24) is 15.2 Å². The smallest absolute Gasteiger partial charge is 0.154 e. The molecule has 26 heavy (non-hydrogen) atoms. The average molecular weight is 356 g/mol. The van der Waals surface area contributed by atoms with Gasteiger partial charge in [0.05, 0.1) is 11.7 Å². The second-order valence-electron chi connectivity index (χ2n) is 6.28. The van der Waals surface area contributed by atoms with Crippen LogP contribution >= 0.6 is 0 Å². The van der Waals surface area contributed by atoms with Gasteiger partial charge in [-0.05, 0) is 31.0 Å². The van der Waals surface area contributed by atoms with Crippen molar-refractivity contribution in [2.45, 2.75) is 38.2 Å². The number of nitrogen functional groups attached to an aromatic ring is 1. The van der Waals surface area contributed by atoms with Crippen molar-refractivity contribution in [3.63, 3.8) is 0 Å². The van der Waals surface area contributed by atoms with Crippen molar-refractivity contribution in [3.8, 4) is 17.0 Å². The van der Waals surface area contributed by atoms with Crippen LogP contribution in [0.3, 0.4) is 0 Å². The second-order valence-corrected chi connectivity index (χ2v) is 6.28. The fourth-order valence-electron chi connectivity index (χ4n) is 3.03. The van der Waals surface area contributed by atoms with E-state index >= 15 is 0 Å². The van der Waals surface area contributed by atoms with Crippen molar-refractivity contribution < 1.29 is 14.6 Å². The van der Waals surface area contributed by atoms with Crippen LogP contribution in [0.15, 0.2) is 36.7 Å². The third-order valence-electron chi connectivity index (χ3n) is 4.41. The number of phenols is 1. The van der Waals surface area contributed by atoms with Crippen LogP contribution in [0.25, 0.3) is 22.0 Å². The summed E-state index contributed by atoms with van der Waals surface area (Å²) in [4.78, 5) is 3.97. The largest absolute Gasteiger partial charge is 0.507 e. The molecule has 4 N–H and O–H groups in total. The van der Waals surface area contributed by atoms with Gasteiger partial charge in [0.15, 0.2) is 5.82 Å². The first-order chi connectivity index (χ1) is 12.6. The van der Waals surface area contributed by atoms with E-state index in [9.17, 15) is 9.50 Å². The van der Waals surface area contributed by atoms with E-state index in [2.05, 4.69) is 15.2 Å². The summed E-state index contributed by atoms with van der Waals surface area (Å²) >= 11 is 0. The molecule has 0 radical (unpaired) electrons. The van der Waals surface area contributed by atoms with Crippen molar-refractivity contribution >= 4 is 16.6 Å². The number of hydrogen-bond donors (Lipinski definition) is 3. The summed E-state index contributed by atoms with van der Waals surface area (Å²) in [7, 11) is 0. The highest BCUT2D eigenvalue weighted by Gasteiger charge is 2.16. The average Bonchev–Trinajstić information content (AvgIpc) is 2.65. The number of benzene rings is 1. The molecular weight excluding hydrogens is 335 g/mol. The Morgan fingerprint density at radius 3 is 2.46 bits per heavy atom. The minimum absolute atomic E-state index is 0.00648. The third kappa shape index (κ3) is 3.88. The molecule has 2 heterocycles. The van der Waals surface area contributed by atoms with E-state index in [1.165, 1.54) is 43.7 Å². The molecule has 4 rings (SSSR count). The Labute approximate surface area is 150 Å². The Bertz CT molecular complexity index is 878. The first-order valence-corrected chi connectivity index (χ1v) is 8.59. The number of aromatic hydroxyl groups is 1. The molecule has 1 fully saturated rings. The molecule has 0 saturated heterocycles. The van der Waals surface area contributed by atoms with Gasteiger partial charge in [-0.15, -0.1) is 10.2 Å². The number of halogens is 1. The van der Waals surface area contributed by atoms with Crippen LogP contribution in [-0.4, -0.2) is 31.5 Å². The van der Waals surface area contributed by atoms with E-state index in [0.29, 0.717) is 10.8 Å². The van der Waals surface area contributed by atoms with Gasteiger partial charge in [-0.3, -0.25) is 4.98 Å². The number of nitrogens with two attached hydrogens (primary N) is 1. The molecular formula is C19H21FN4O2. The molecule has 2 aromatic heterocycles. The minimum Gasteiger partial charge on any atom is -0.507 e. The van der Waals surface area contributed by atoms with Gasteiger partial charge >= 0.3 is 0 Å². The lowest BCUT2D eigenvalue weighted by Gasteiger charge is -2.14. The fraction of sp³-hybridized carbons (Fsp3) is 0.316. The van der Waals surface area contributed by atoms with Gasteiger partial charge in [0.25, 0.3) is 0 Å². The summed E-state index contributed by atoms with van der Waals surface area (Å²) in [6.45, 7) is 0. The van der Waals surface area contributed by atoms with E-state index in [4.69, 9.17) is 10.8 Å². The summed E-state index contributed by atoms with van der Waals surface area (Å²) in [5.41, 5.74) is 5.93. The van der Waals surface area contributed by atoms with Crippen molar-refractivity contribution in [3.05, 3.63) is 42.5 Å². The molecule has 0 bridgehead atoms.